The zero-order valence-corrected chi connectivity index (χ0v) is 19.8. The highest BCUT2D eigenvalue weighted by Gasteiger charge is 2.24. The van der Waals surface area contributed by atoms with Crippen molar-refractivity contribution in [2.75, 3.05) is 26.3 Å². The van der Waals surface area contributed by atoms with Crippen molar-refractivity contribution in [2.45, 2.75) is 38.8 Å². The molecule has 2 aliphatic rings. The zero-order chi connectivity index (χ0) is 24.0. The van der Waals surface area contributed by atoms with Crippen molar-refractivity contribution in [2.24, 2.45) is 0 Å². The lowest BCUT2D eigenvalue weighted by Crippen LogP contribution is -2.35. The van der Waals surface area contributed by atoms with Gasteiger partial charge in [-0.25, -0.2) is 9.78 Å². The fraction of sp³-hybridized carbons (Fsp3) is 0.370. The Labute approximate surface area is 204 Å². The minimum atomic E-state index is -0.322. The molecule has 0 saturated carbocycles. The Bertz CT molecular complexity index is 1320. The highest BCUT2D eigenvalue weighted by Crippen LogP contribution is 2.31. The molecule has 0 saturated heterocycles. The summed E-state index contributed by atoms with van der Waals surface area (Å²) >= 11 is 0. The Kier molecular flexibility index (Phi) is 6.96. The number of benzene rings is 1. The molecule has 0 bridgehead atoms. The third kappa shape index (κ3) is 5.31. The fourth-order valence-corrected chi connectivity index (χ4v) is 4.18. The largest absolute Gasteiger partial charge is 0.478 e. The minimum Gasteiger partial charge on any atom is -0.478 e. The molecule has 0 amide bonds. The van der Waals surface area contributed by atoms with E-state index >= 15 is 0 Å². The number of nitrogens with zero attached hydrogens (tertiary/aromatic N) is 3. The molecule has 3 aromatic rings. The summed E-state index contributed by atoms with van der Waals surface area (Å²) in [4.78, 5) is 21.0. The topological polar surface area (TPSA) is 87.5 Å². The van der Waals surface area contributed by atoms with E-state index in [1.807, 2.05) is 18.2 Å². The van der Waals surface area contributed by atoms with Gasteiger partial charge in [0.1, 0.15) is 13.2 Å². The van der Waals surface area contributed by atoms with Gasteiger partial charge < -0.3 is 19.5 Å². The summed E-state index contributed by atoms with van der Waals surface area (Å²) in [6.45, 7) is 4.94. The molecule has 1 unspecified atom stereocenters. The summed E-state index contributed by atoms with van der Waals surface area (Å²) in [7, 11) is 0. The number of unbranched alkanes of at least 4 members (excludes halogenated alkanes) is 1. The van der Waals surface area contributed by atoms with Gasteiger partial charge in [-0.05, 0) is 49.2 Å². The number of ether oxygens (including phenoxy) is 3. The number of aromatic nitrogens is 3. The van der Waals surface area contributed by atoms with Gasteiger partial charge in [-0.3, -0.25) is 4.57 Å². The van der Waals surface area contributed by atoms with Crippen LogP contribution in [0.3, 0.4) is 0 Å². The van der Waals surface area contributed by atoms with Crippen molar-refractivity contribution in [1.29, 1.82) is 0 Å². The Morgan fingerprint density at radius 1 is 1.29 bits per heavy atom. The first-order valence-electron chi connectivity index (χ1n) is 12.0. The lowest BCUT2D eigenvalue weighted by atomic mass is 9.95. The van der Waals surface area contributed by atoms with E-state index in [-0.39, 0.29) is 24.3 Å². The molecule has 0 spiro atoms. The van der Waals surface area contributed by atoms with Crippen molar-refractivity contribution in [3.8, 4) is 40.6 Å². The lowest BCUT2D eigenvalue weighted by molar-refractivity contribution is 0.0486. The third-order valence-corrected chi connectivity index (χ3v) is 5.98. The first-order chi connectivity index (χ1) is 17.2. The van der Waals surface area contributed by atoms with E-state index in [1.54, 1.807) is 22.9 Å². The lowest BCUT2D eigenvalue weighted by Gasteiger charge is -2.25. The average Bonchev–Trinajstić information content (AvgIpc) is 2.89. The van der Waals surface area contributed by atoms with Crippen molar-refractivity contribution < 1.29 is 14.2 Å². The van der Waals surface area contributed by atoms with Gasteiger partial charge in [-0.1, -0.05) is 31.3 Å². The van der Waals surface area contributed by atoms with Crippen molar-refractivity contribution in [3.63, 3.8) is 0 Å². The molecule has 0 radical (unpaired) electrons. The van der Waals surface area contributed by atoms with E-state index in [4.69, 9.17) is 14.2 Å². The van der Waals surface area contributed by atoms with Gasteiger partial charge >= 0.3 is 5.69 Å². The molecule has 0 aliphatic carbocycles. The maximum atomic E-state index is 12.7. The van der Waals surface area contributed by atoms with Crippen LogP contribution in [0.4, 0.5) is 0 Å². The highest BCUT2D eigenvalue weighted by molar-refractivity contribution is 5.68. The first-order valence-corrected chi connectivity index (χ1v) is 12.0. The standard InChI is InChI=1S/C27H28N4O4/c1-2-3-11-28-12-4-6-19-8-9-22-20(15-19)10-14-31-23(22)16-25(30-27(31)32)33-17-21-18-34-26-24(35-21)7-5-13-29-26/h5,7-9,13,15-16,21,28H,2-3,10-12,14,17-18H2,1H3. The molecular weight excluding hydrogens is 444 g/mol. The second kappa shape index (κ2) is 10.6. The summed E-state index contributed by atoms with van der Waals surface area (Å²) in [6, 6.07) is 11.5. The average molecular weight is 473 g/mol. The third-order valence-electron chi connectivity index (χ3n) is 5.98. The Morgan fingerprint density at radius 3 is 3.14 bits per heavy atom. The normalized spacial score (nSPS) is 15.4. The number of hydrogen-bond donors (Lipinski definition) is 1. The van der Waals surface area contributed by atoms with Crippen LogP contribution in [-0.4, -0.2) is 46.9 Å². The van der Waals surface area contributed by atoms with Crippen LogP contribution in [0.15, 0.2) is 47.4 Å². The molecule has 1 N–H and O–H groups in total. The predicted octanol–water partition coefficient (Wildman–Crippen LogP) is 2.82. The Hall–Kier alpha value is -3.83. The molecule has 180 valence electrons. The van der Waals surface area contributed by atoms with E-state index in [0.717, 1.165) is 36.2 Å². The molecule has 5 rings (SSSR count). The number of pyridine rings is 1. The SMILES string of the molecule is CCCCNCC#Cc1ccc2c(c1)CCn1c-2cc(OCC2COc3ncccc3O2)nc1=O. The molecule has 4 heterocycles. The van der Waals surface area contributed by atoms with E-state index in [2.05, 4.69) is 40.1 Å². The molecule has 35 heavy (non-hydrogen) atoms. The van der Waals surface area contributed by atoms with Crippen molar-refractivity contribution in [3.05, 3.63) is 64.2 Å². The van der Waals surface area contributed by atoms with Crippen LogP contribution in [0.25, 0.3) is 11.3 Å². The van der Waals surface area contributed by atoms with E-state index in [0.29, 0.717) is 31.3 Å². The maximum absolute atomic E-state index is 12.7. The first kappa shape index (κ1) is 22.9. The van der Waals surface area contributed by atoms with Crippen LogP contribution in [-0.2, 0) is 13.0 Å². The van der Waals surface area contributed by atoms with Crippen LogP contribution in [0.2, 0.25) is 0 Å². The summed E-state index contributed by atoms with van der Waals surface area (Å²) in [5.41, 5.74) is 3.63. The zero-order valence-electron chi connectivity index (χ0n) is 19.8. The van der Waals surface area contributed by atoms with Crippen LogP contribution in [0.5, 0.6) is 17.5 Å². The quantitative estimate of drug-likeness (QED) is 0.418. The van der Waals surface area contributed by atoms with Crippen LogP contribution in [0.1, 0.15) is 30.9 Å². The number of nitrogens with one attached hydrogen (secondary N) is 1. The number of rotatable bonds is 7. The highest BCUT2D eigenvalue weighted by atomic mass is 16.6. The van der Waals surface area contributed by atoms with Gasteiger partial charge in [-0.2, -0.15) is 4.98 Å². The Balaban J connectivity index is 1.28. The maximum Gasteiger partial charge on any atom is 0.351 e. The summed E-state index contributed by atoms with van der Waals surface area (Å²) < 4.78 is 19.1. The van der Waals surface area contributed by atoms with Gasteiger partial charge in [0.25, 0.3) is 5.88 Å². The molecule has 1 atom stereocenters. The number of hydrogen-bond acceptors (Lipinski definition) is 7. The Morgan fingerprint density at radius 2 is 2.23 bits per heavy atom. The monoisotopic (exact) mass is 472 g/mol. The summed E-state index contributed by atoms with van der Waals surface area (Å²) in [5.74, 6) is 7.75. The fourth-order valence-electron chi connectivity index (χ4n) is 4.18. The second-order valence-corrected chi connectivity index (χ2v) is 8.54. The molecular formula is C27H28N4O4. The van der Waals surface area contributed by atoms with Crippen molar-refractivity contribution in [1.82, 2.24) is 19.9 Å². The molecule has 1 aromatic carbocycles. The summed E-state index contributed by atoms with van der Waals surface area (Å²) in [6.07, 6.45) is 4.43. The molecule has 8 nitrogen and oxygen atoms in total. The minimum absolute atomic E-state index is 0.206. The van der Waals surface area contributed by atoms with E-state index < -0.39 is 0 Å². The van der Waals surface area contributed by atoms with Gasteiger partial charge in [0.2, 0.25) is 5.88 Å². The second-order valence-electron chi connectivity index (χ2n) is 8.54. The van der Waals surface area contributed by atoms with Gasteiger partial charge in [0.15, 0.2) is 11.9 Å². The molecule has 2 aromatic heterocycles. The summed E-state index contributed by atoms with van der Waals surface area (Å²) in [5, 5.41) is 3.33. The van der Waals surface area contributed by atoms with Crippen LogP contribution >= 0.6 is 0 Å². The molecule has 0 fully saturated rings. The van der Waals surface area contributed by atoms with Crippen molar-refractivity contribution >= 4 is 0 Å². The number of aryl methyl sites for hydroxylation is 1. The van der Waals surface area contributed by atoms with E-state index in [1.165, 1.54) is 12.0 Å². The van der Waals surface area contributed by atoms with E-state index in [9.17, 15) is 4.79 Å². The molecule has 8 heteroatoms. The van der Waals surface area contributed by atoms with Gasteiger partial charge in [0.05, 0.1) is 12.2 Å². The van der Waals surface area contributed by atoms with Crippen LogP contribution in [0, 0.1) is 11.8 Å². The van der Waals surface area contributed by atoms with Gasteiger partial charge in [0, 0.05) is 29.9 Å². The number of fused-ring (bicyclic) bond motifs is 4. The molecule has 2 aliphatic heterocycles. The predicted molar refractivity (Wildman–Crippen MR) is 132 cm³/mol. The van der Waals surface area contributed by atoms with Crippen LogP contribution < -0.4 is 25.2 Å². The van der Waals surface area contributed by atoms with Gasteiger partial charge in [-0.15, -0.1) is 0 Å². The smallest absolute Gasteiger partial charge is 0.351 e.